The molecule has 168 valence electrons. The van der Waals surface area contributed by atoms with Crippen LogP contribution in [0.15, 0.2) is 0 Å². The van der Waals surface area contributed by atoms with Gasteiger partial charge in [-0.25, -0.2) is 0 Å². The Balaban J connectivity index is -0.0000000960. The van der Waals surface area contributed by atoms with Crippen molar-refractivity contribution in [2.45, 2.75) is 0 Å². The average Bonchev–Trinajstić information content (AvgIpc) is 1.96. The maximum atomic E-state index is 9.38. The first-order chi connectivity index (χ1) is 11.1. The van der Waals surface area contributed by atoms with Gasteiger partial charge in [-0.1, -0.05) is 0 Å². The molecule has 0 bridgehead atoms. The van der Waals surface area contributed by atoms with Gasteiger partial charge < -0.3 is 0 Å². The maximum absolute atomic E-state index is 9.38. The van der Waals surface area contributed by atoms with Crippen LogP contribution >= 0.6 is 0 Å². The molecule has 0 unspecified atom stereocenters. The summed E-state index contributed by atoms with van der Waals surface area (Å²) in [5, 5.41) is 0. The van der Waals surface area contributed by atoms with Crippen molar-refractivity contribution in [3.05, 3.63) is 0 Å². The normalized spacial score (nSPS) is 12.6. The molecule has 0 atom stereocenters. The van der Waals surface area contributed by atoms with Crippen molar-refractivity contribution in [1.82, 2.24) is 0 Å². The second-order valence-electron chi connectivity index (χ2n) is 2.65. The summed E-state index contributed by atoms with van der Waals surface area (Å²) >= 11 is -36.4. The molecule has 0 aliphatic rings. The van der Waals surface area contributed by atoms with E-state index >= 15 is 0 Å². The topological polar surface area (TPSA) is 371 Å². The standard InChI is InChI=1S/6Cr.2Ga.21O/q;;;;;;2*+3;;;;;;;;;;;;;;;;6*-1. The molecule has 0 saturated heterocycles. The van der Waals surface area contributed by atoms with Crippen molar-refractivity contribution in [1.29, 1.82) is 0 Å². The summed E-state index contributed by atoms with van der Waals surface area (Å²) in [5.41, 5.74) is 0. The van der Waals surface area contributed by atoms with E-state index in [2.05, 4.69) is 8.52 Å². The molecule has 0 spiro atoms. The molecule has 29 heavy (non-hydrogen) atoms. The predicted octanol–water partition coefficient (Wildman–Crippen LogP) is -9.54. The Morgan fingerprint density at radius 1 is 0.310 bits per heavy atom. The van der Waals surface area contributed by atoms with Gasteiger partial charge >= 0.3 is 200 Å². The second kappa shape index (κ2) is 14.8. The van der Waals surface area contributed by atoms with E-state index in [1.807, 2.05) is 0 Å². The van der Waals surface area contributed by atoms with Gasteiger partial charge in [0.25, 0.3) is 0 Å². The molecule has 0 aromatic heterocycles. The fourth-order valence-corrected chi connectivity index (χ4v) is 5.21. The van der Waals surface area contributed by atoms with Gasteiger partial charge in [0.15, 0.2) is 0 Å². The zero-order valence-corrected chi connectivity index (χ0v) is 24.7. The predicted molar refractivity (Wildman–Crippen MR) is 23.0 cm³/mol. The Labute approximate surface area is 198 Å². The summed E-state index contributed by atoms with van der Waals surface area (Å²) < 4.78 is 177. The van der Waals surface area contributed by atoms with E-state index in [0.717, 1.165) is 0 Å². The molecule has 0 radical (unpaired) electrons. The van der Waals surface area contributed by atoms with Crippen molar-refractivity contribution in [3.63, 3.8) is 0 Å². The minimum absolute atomic E-state index is 0. The molecule has 0 saturated carbocycles. The molecule has 21 nitrogen and oxygen atoms in total. The minimum atomic E-state index is -6.07. The fourth-order valence-electron chi connectivity index (χ4n) is 0.306. The van der Waals surface area contributed by atoms with Crippen molar-refractivity contribution < 1.29 is 161 Å². The summed E-state index contributed by atoms with van der Waals surface area (Å²) in [6.07, 6.45) is 0. The Kier molecular flexibility index (Phi) is 20.9. The number of hydrogen-bond acceptors (Lipinski definition) is 21. The van der Waals surface area contributed by atoms with Crippen LogP contribution in [0.3, 0.4) is 0 Å². The first-order valence-corrected chi connectivity index (χ1v) is 16.5. The summed E-state index contributed by atoms with van der Waals surface area (Å²) in [4.78, 5) is 0. The van der Waals surface area contributed by atoms with E-state index in [1.165, 1.54) is 0 Å². The van der Waals surface area contributed by atoms with Gasteiger partial charge in [0, 0.05) is 0 Å². The van der Waals surface area contributed by atoms with E-state index in [9.17, 15) is 70.6 Å². The molecule has 0 N–H and O–H groups in total. The van der Waals surface area contributed by atoms with Gasteiger partial charge in [-0.2, -0.15) is 0 Å². The molecule has 0 aliphatic heterocycles. The second-order valence-corrected chi connectivity index (χ2v) is 13.6. The van der Waals surface area contributed by atoms with Gasteiger partial charge in [0.05, 0.1) is 0 Å². The third kappa shape index (κ3) is 58.7. The van der Waals surface area contributed by atoms with E-state index in [1.54, 1.807) is 0 Å². The Morgan fingerprint density at radius 3 is 0.379 bits per heavy atom. The SMILES string of the molecule is [Ga+3].[Ga+3].[O]=[Cr](=[O])([O-])[O][Cr](=[O])(=[O])[O-].[O]=[Cr](=[O])([O-])[O][Cr](=[O])(=[O])[O-].[O]=[Cr](=[O])([O-])[O][Cr](=[O])(=[O])[O-]. The van der Waals surface area contributed by atoms with Crippen molar-refractivity contribution in [2.24, 2.45) is 0 Å². The van der Waals surface area contributed by atoms with Crippen molar-refractivity contribution in [3.8, 4) is 0 Å². The summed E-state index contributed by atoms with van der Waals surface area (Å²) in [6, 6.07) is 0. The monoisotopic (exact) mass is 785 g/mol. The summed E-state index contributed by atoms with van der Waals surface area (Å²) in [6.45, 7) is 0. The van der Waals surface area contributed by atoms with Crippen LogP contribution < -0.4 is 24.9 Å². The molecule has 0 aromatic rings. The van der Waals surface area contributed by atoms with E-state index in [-0.39, 0.29) is 39.6 Å². The molecule has 0 heterocycles. The van der Waals surface area contributed by atoms with Crippen LogP contribution in [0.25, 0.3) is 0 Å². The zero-order chi connectivity index (χ0) is 23.1. The van der Waals surface area contributed by atoms with E-state index in [4.69, 9.17) is 0 Å². The Morgan fingerprint density at radius 2 is 0.379 bits per heavy atom. The van der Waals surface area contributed by atoms with Crippen LogP contribution in [0.5, 0.6) is 0 Å². The summed E-state index contributed by atoms with van der Waals surface area (Å²) in [5.74, 6) is 0. The zero-order valence-electron chi connectivity index (χ0n) is 12.2. The Bertz CT molecular complexity index is 854. The quantitative estimate of drug-likeness (QED) is 0.225. The third-order valence-corrected chi connectivity index (χ3v) is 8.50. The average molecular weight is 787 g/mol. The molecule has 0 rings (SSSR count). The molecule has 29 heteroatoms. The Hall–Kier alpha value is 1.71. The fraction of sp³-hybridized carbons (Fsp3) is 0. The number of rotatable bonds is 6. The first-order valence-electron chi connectivity index (χ1n) is 4.00. The van der Waals surface area contributed by atoms with Gasteiger partial charge in [0.2, 0.25) is 0 Å². The molecular weight excluding hydrogens is 787 g/mol. The van der Waals surface area contributed by atoms with Crippen molar-refractivity contribution >= 4 is 39.6 Å². The molecule has 0 aliphatic carbocycles. The third-order valence-electron chi connectivity index (χ3n) is 0.500. The van der Waals surface area contributed by atoms with Crippen LogP contribution in [0.1, 0.15) is 0 Å². The molecule has 0 aromatic carbocycles. The van der Waals surface area contributed by atoms with E-state index < -0.39 is 81.7 Å². The number of hydrogen-bond donors (Lipinski definition) is 0. The summed E-state index contributed by atoms with van der Waals surface area (Å²) in [7, 11) is 0. The van der Waals surface area contributed by atoms with Gasteiger partial charge in [-0.05, 0) is 0 Å². The van der Waals surface area contributed by atoms with Gasteiger partial charge in [0.1, 0.15) is 0 Å². The molecular formula is Cr6Ga2O21. The van der Waals surface area contributed by atoms with Gasteiger partial charge in [-0.15, -0.1) is 0 Å². The molecule has 0 fully saturated rings. The van der Waals surface area contributed by atoms with Crippen LogP contribution in [0.2, 0.25) is 0 Å². The molecule has 0 amide bonds. The van der Waals surface area contributed by atoms with Crippen LogP contribution in [0.4, 0.5) is 0 Å². The van der Waals surface area contributed by atoms with Gasteiger partial charge in [-0.3, -0.25) is 0 Å². The van der Waals surface area contributed by atoms with Crippen LogP contribution in [-0.4, -0.2) is 39.6 Å². The van der Waals surface area contributed by atoms with Crippen LogP contribution in [-0.2, 0) is 136 Å². The van der Waals surface area contributed by atoms with Crippen molar-refractivity contribution in [2.75, 3.05) is 0 Å². The van der Waals surface area contributed by atoms with Crippen LogP contribution in [0, 0.1) is 0 Å². The first kappa shape index (κ1) is 41.0. The van der Waals surface area contributed by atoms with E-state index in [0.29, 0.717) is 0 Å².